The van der Waals surface area contributed by atoms with Crippen LogP contribution in [0.15, 0.2) is 71.9 Å². The highest BCUT2D eigenvalue weighted by Crippen LogP contribution is 2.40. The number of aromatic hydroxyl groups is 1. The normalized spacial score (nSPS) is 14.5. The van der Waals surface area contributed by atoms with Crippen molar-refractivity contribution in [3.05, 3.63) is 88.7 Å². The molecule has 1 atom stereocenters. The molecule has 6 nitrogen and oxygen atoms in total. The van der Waals surface area contributed by atoms with Gasteiger partial charge in [-0.2, -0.15) is 4.98 Å². The first-order chi connectivity index (χ1) is 15.6. The Kier molecular flexibility index (Phi) is 5.55. The molecule has 5 rings (SSSR count). The van der Waals surface area contributed by atoms with Crippen LogP contribution >= 0.6 is 23.4 Å². The predicted octanol–water partition coefficient (Wildman–Crippen LogP) is 5.83. The summed E-state index contributed by atoms with van der Waals surface area (Å²) in [7, 11) is 0. The molecule has 0 fully saturated rings. The summed E-state index contributed by atoms with van der Waals surface area (Å²) in [6.45, 7) is 0. The van der Waals surface area contributed by atoms with Gasteiger partial charge in [-0.3, -0.25) is 0 Å². The number of hydrogen-bond acceptors (Lipinski definition) is 7. The Labute approximate surface area is 192 Å². The van der Waals surface area contributed by atoms with Crippen molar-refractivity contribution >= 4 is 29.1 Å². The van der Waals surface area contributed by atoms with E-state index in [1.807, 2.05) is 24.3 Å². The summed E-state index contributed by atoms with van der Waals surface area (Å²) in [4.78, 5) is 4.55. The van der Waals surface area contributed by atoms with E-state index < -0.39 is 6.23 Å². The van der Waals surface area contributed by atoms with Crippen LogP contribution in [0.25, 0.3) is 11.3 Å². The quantitative estimate of drug-likeness (QED) is 0.366. The zero-order chi connectivity index (χ0) is 22.1. The van der Waals surface area contributed by atoms with Gasteiger partial charge >= 0.3 is 0 Å². The number of halogens is 2. The predicted molar refractivity (Wildman–Crippen MR) is 121 cm³/mol. The van der Waals surface area contributed by atoms with Gasteiger partial charge in [-0.1, -0.05) is 59.8 Å². The first-order valence-electron chi connectivity index (χ1n) is 9.70. The van der Waals surface area contributed by atoms with E-state index in [0.717, 1.165) is 11.3 Å². The summed E-state index contributed by atoms with van der Waals surface area (Å²) in [5.74, 6) is 0.364. The van der Waals surface area contributed by atoms with Gasteiger partial charge in [0.15, 0.2) is 11.9 Å². The van der Waals surface area contributed by atoms with E-state index in [2.05, 4.69) is 20.5 Å². The number of phenols is 1. The van der Waals surface area contributed by atoms with E-state index in [1.165, 1.54) is 23.9 Å². The van der Waals surface area contributed by atoms with Gasteiger partial charge in [0, 0.05) is 22.6 Å². The molecule has 0 radical (unpaired) electrons. The van der Waals surface area contributed by atoms with Crippen LogP contribution in [0.5, 0.6) is 11.6 Å². The number of nitrogens with one attached hydrogen (secondary N) is 1. The lowest BCUT2D eigenvalue weighted by atomic mass is 10.1. The van der Waals surface area contributed by atoms with E-state index in [0.29, 0.717) is 33.6 Å². The third-order valence-corrected chi connectivity index (χ3v) is 6.11. The third kappa shape index (κ3) is 4.06. The van der Waals surface area contributed by atoms with Crippen molar-refractivity contribution in [3.8, 4) is 22.9 Å². The summed E-state index contributed by atoms with van der Waals surface area (Å²) < 4.78 is 20.1. The number of benzene rings is 3. The third-order valence-electron chi connectivity index (χ3n) is 4.92. The molecular weight excluding hydrogens is 451 g/mol. The molecule has 0 amide bonds. The fourth-order valence-corrected chi connectivity index (χ4v) is 4.26. The van der Waals surface area contributed by atoms with E-state index in [1.54, 1.807) is 30.3 Å². The Morgan fingerprint density at radius 3 is 2.72 bits per heavy atom. The number of ether oxygens (including phenoxy) is 1. The lowest BCUT2D eigenvalue weighted by molar-refractivity contribution is 0.225. The van der Waals surface area contributed by atoms with Gasteiger partial charge in [-0.15, -0.1) is 10.2 Å². The molecular formula is C23H16ClFN4O2S. The summed E-state index contributed by atoms with van der Waals surface area (Å²) >= 11 is 7.38. The van der Waals surface area contributed by atoms with Crippen molar-refractivity contribution in [1.29, 1.82) is 0 Å². The lowest BCUT2D eigenvalue weighted by Gasteiger charge is -2.19. The molecule has 1 aromatic heterocycles. The van der Waals surface area contributed by atoms with E-state index >= 15 is 0 Å². The maximum absolute atomic E-state index is 14.0. The molecule has 32 heavy (non-hydrogen) atoms. The maximum Gasteiger partial charge on any atom is 0.247 e. The number of para-hydroxylation sites is 1. The van der Waals surface area contributed by atoms with E-state index in [-0.39, 0.29) is 16.6 Å². The minimum atomic E-state index is -0.628. The molecule has 0 bridgehead atoms. The molecule has 4 aromatic rings. The Balaban J connectivity index is 1.50. The fraction of sp³-hybridized carbons (Fsp3) is 0.0870. The highest BCUT2D eigenvalue weighted by molar-refractivity contribution is 7.98. The second-order valence-electron chi connectivity index (χ2n) is 7.03. The smallest absolute Gasteiger partial charge is 0.247 e. The molecule has 0 saturated heterocycles. The Hall–Kier alpha value is -3.36. The molecule has 160 valence electrons. The summed E-state index contributed by atoms with van der Waals surface area (Å²) in [5.41, 5.74) is 3.34. The van der Waals surface area contributed by atoms with Crippen LogP contribution in [0, 0.1) is 5.82 Å². The zero-order valence-electron chi connectivity index (χ0n) is 16.5. The van der Waals surface area contributed by atoms with Gasteiger partial charge in [-0.25, -0.2) is 4.39 Å². The summed E-state index contributed by atoms with van der Waals surface area (Å²) in [6.07, 6.45) is -0.628. The second-order valence-corrected chi connectivity index (χ2v) is 8.38. The topological polar surface area (TPSA) is 80.2 Å². The first-order valence-corrected chi connectivity index (χ1v) is 11.1. The molecule has 1 unspecified atom stereocenters. The van der Waals surface area contributed by atoms with Gasteiger partial charge < -0.3 is 15.2 Å². The molecule has 2 heterocycles. The van der Waals surface area contributed by atoms with Crippen molar-refractivity contribution in [2.75, 3.05) is 5.32 Å². The van der Waals surface area contributed by atoms with Crippen molar-refractivity contribution in [2.24, 2.45) is 0 Å². The average molecular weight is 467 g/mol. The van der Waals surface area contributed by atoms with Crippen LogP contribution in [-0.4, -0.2) is 20.3 Å². The van der Waals surface area contributed by atoms with Crippen LogP contribution in [0.2, 0.25) is 5.02 Å². The number of nitrogens with zero attached hydrogens (tertiary/aromatic N) is 3. The highest BCUT2D eigenvalue weighted by atomic mass is 35.5. The molecule has 0 spiro atoms. The number of anilines is 1. The average Bonchev–Trinajstić information content (AvgIpc) is 2.97. The van der Waals surface area contributed by atoms with Crippen LogP contribution in [-0.2, 0) is 5.75 Å². The van der Waals surface area contributed by atoms with E-state index in [4.69, 9.17) is 16.3 Å². The number of thioether (sulfide) groups is 1. The van der Waals surface area contributed by atoms with Gasteiger partial charge in [0.2, 0.25) is 11.0 Å². The Morgan fingerprint density at radius 2 is 1.88 bits per heavy atom. The van der Waals surface area contributed by atoms with Crippen LogP contribution in [0.4, 0.5) is 10.1 Å². The van der Waals surface area contributed by atoms with Crippen molar-refractivity contribution in [1.82, 2.24) is 15.2 Å². The molecule has 1 aliphatic heterocycles. The highest BCUT2D eigenvalue weighted by Gasteiger charge is 2.26. The lowest BCUT2D eigenvalue weighted by Crippen LogP contribution is -2.17. The number of fused-ring (bicyclic) bond motifs is 3. The van der Waals surface area contributed by atoms with Crippen molar-refractivity contribution < 1.29 is 14.2 Å². The summed E-state index contributed by atoms with van der Waals surface area (Å²) in [6, 6.07) is 19.0. The molecule has 9 heteroatoms. The van der Waals surface area contributed by atoms with Gasteiger partial charge in [0.05, 0.1) is 5.02 Å². The van der Waals surface area contributed by atoms with Crippen molar-refractivity contribution in [2.45, 2.75) is 17.1 Å². The number of hydrogen-bond donors (Lipinski definition) is 2. The van der Waals surface area contributed by atoms with Crippen LogP contribution in [0.1, 0.15) is 17.4 Å². The minimum absolute atomic E-state index is 0.0133. The Bertz CT molecular complexity index is 1310. The van der Waals surface area contributed by atoms with Crippen LogP contribution in [0.3, 0.4) is 0 Å². The molecule has 2 N–H and O–H groups in total. The van der Waals surface area contributed by atoms with Gasteiger partial charge in [0.25, 0.3) is 0 Å². The monoisotopic (exact) mass is 466 g/mol. The first kappa shape index (κ1) is 20.5. The zero-order valence-corrected chi connectivity index (χ0v) is 18.1. The van der Waals surface area contributed by atoms with Crippen LogP contribution < -0.4 is 10.1 Å². The van der Waals surface area contributed by atoms with Gasteiger partial charge in [-0.05, 0) is 35.9 Å². The second kappa shape index (κ2) is 8.64. The number of rotatable bonds is 4. The number of aromatic nitrogens is 3. The van der Waals surface area contributed by atoms with Gasteiger partial charge in [0.1, 0.15) is 11.6 Å². The SMILES string of the molecule is Oc1ccc(C2Nc3ccccc3-c3nnc(SCc4ccccc4F)nc3O2)cc1Cl. The molecule has 0 saturated carbocycles. The Morgan fingerprint density at radius 1 is 1.06 bits per heavy atom. The minimum Gasteiger partial charge on any atom is -0.506 e. The van der Waals surface area contributed by atoms with Crippen molar-refractivity contribution in [3.63, 3.8) is 0 Å². The maximum atomic E-state index is 14.0. The number of phenolic OH excluding ortho intramolecular Hbond substituents is 1. The fourth-order valence-electron chi connectivity index (χ4n) is 3.30. The van der Waals surface area contributed by atoms with E-state index in [9.17, 15) is 9.50 Å². The molecule has 0 aliphatic carbocycles. The molecule has 3 aromatic carbocycles. The largest absolute Gasteiger partial charge is 0.506 e. The standard InChI is InChI=1S/C23H16ClFN4O2S/c24-16-11-13(9-10-19(16)30)21-26-18-8-4-2-6-15(18)20-22(31-21)27-23(29-28-20)32-12-14-5-1-3-7-17(14)25/h1-11,21,26,30H,12H2. The molecule has 1 aliphatic rings. The summed E-state index contributed by atoms with van der Waals surface area (Å²) in [5, 5.41) is 22.3.